The van der Waals surface area contributed by atoms with Crippen LogP contribution < -0.4 is 0 Å². The molecule has 1 saturated heterocycles. The third-order valence-corrected chi connectivity index (χ3v) is 3.44. The average Bonchev–Trinajstić information content (AvgIpc) is 2.35. The first-order chi connectivity index (χ1) is 9.04. The van der Waals surface area contributed by atoms with Gasteiger partial charge in [-0.3, -0.25) is 4.79 Å². The van der Waals surface area contributed by atoms with E-state index >= 15 is 0 Å². The molecule has 1 aromatic carbocycles. The molecule has 2 rings (SSSR count). The molecule has 0 amide bonds. The standard InChI is InChI=1S/C16H22O3/c1-11-5-4-6-14(7-11)16(17)10-18-15-8-12(2)19-13(3)9-15/h4-7,12-13,15H,8-10H2,1-3H3. The van der Waals surface area contributed by atoms with Crippen molar-refractivity contribution in [3.63, 3.8) is 0 Å². The largest absolute Gasteiger partial charge is 0.375 e. The minimum absolute atomic E-state index is 0.0514. The van der Waals surface area contributed by atoms with Gasteiger partial charge in [-0.15, -0.1) is 0 Å². The molecule has 1 aromatic rings. The van der Waals surface area contributed by atoms with Gasteiger partial charge in [0.05, 0.1) is 18.3 Å². The first kappa shape index (κ1) is 14.2. The van der Waals surface area contributed by atoms with Crippen LogP contribution in [0.5, 0.6) is 0 Å². The number of benzene rings is 1. The molecule has 2 unspecified atom stereocenters. The molecule has 0 N–H and O–H groups in total. The first-order valence-corrected chi connectivity index (χ1v) is 6.91. The average molecular weight is 262 g/mol. The second-order valence-corrected chi connectivity index (χ2v) is 5.45. The van der Waals surface area contributed by atoms with E-state index in [1.165, 1.54) is 0 Å². The molecule has 2 atom stereocenters. The molecular weight excluding hydrogens is 240 g/mol. The van der Waals surface area contributed by atoms with Gasteiger partial charge < -0.3 is 9.47 Å². The topological polar surface area (TPSA) is 35.5 Å². The van der Waals surface area contributed by atoms with Crippen molar-refractivity contribution in [1.29, 1.82) is 0 Å². The van der Waals surface area contributed by atoms with E-state index in [4.69, 9.17) is 9.47 Å². The molecule has 0 saturated carbocycles. The van der Waals surface area contributed by atoms with Crippen LogP contribution in [0, 0.1) is 6.92 Å². The Kier molecular flexibility index (Phi) is 4.72. The van der Waals surface area contributed by atoms with Crippen molar-refractivity contribution in [2.75, 3.05) is 6.61 Å². The summed E-state index contributed by atoms with van der Waals surface area (Å²) in [7, 11) is 0. The fourth-order valence-electron chi connectivity index (χ4n) is 2.58. The smallest absolute Gasteiger partial charge is 0.188 e. The number of aryl methyl sites for hydroxylation is 1. The zero-order valence-electron chi connectivity index (χ0n) is 11.9. The minimum atomic E-state index is 0.0514. The van der Waals surface area contributed by atoms with E-state index in [9.17, 15) is 4.79 Å². The predicted octanol–water partition coefficient (Wildman–Crippen LogP) is 3.15. The SMILES string of the molecule is Cc1cccc(C(=O)COC2CC(C)OC(C)C2)c1. The van der Waals surface area contributed by atoms with Crippen molar-refractivity contribution < 1.29 is 14.3 Å². The zero-order valence-corrected chi connectivity index (χ0v) is 11.9. The maximum absolute atomic E-state index is 12.0. The molecule has 1 fully saturated rings. The van der Waals surface area contributed by atoms with Crippen molar-refractivity contribution >= 4 is 5.78 Å². The lowest BCUT2D eigenvalue weighted by atomic mass is 10.0. The van der Waals surface area contributed by atoms with Crippen LogP contribution in [0.3, 0.4) is 0 Å². The van der Waals surface area contributed by atoms with E-state index in [0.717, 1.165) is 24.0 Å². The summed E-state index contributed by atoms with van der Waals surface area (Å²) in [5, 5.41) is 0. The summed E-state index contributed by atoms with van der Waals surface area (Å²) >= 11 is 0. The van der Waals surface area contributed by atoms with Gasteiger partial charge in [0.1, 0.15) is 6.61 Å². The van der Waals surface area contributed by atoms with E-state index in [2.05, 4.69) is 0 Å². The summed E-state index contributed by atoms with van der Waals surface area (Å²) in [6, 6.07) is 7.63. The Morgan fingerprint density at radius 1 is 1.32 bits per heavy atom. The molecule has 3 heteroatoms. The molecule has 0 spiro atoms. The maximum atomic E-state index is 12.0. The molecule has 0 aliphatic carbocycles. The molecule has 1 heterocycles. The van der Waals surface area contributed by atoms with Crippen LogP contribution in [-0.4, -0.2) is 30.7 Å². The van der Waals surface area contributed by atoms with Crippen molar-refractivity contribution in [2.24, 2.45) is 0 Å². The van der Waals surface area contributed by atoms with Gasteiger partial charge in [0.25, 0.3) is 0 Å². The molecule has 0 bridgehead atoms. The maximum Gasteiger partial charge on any atom is 0.188 e. The Morgan fingerprint density at radius 2 is 2.00 bits per heavy atom. The highest BCUT2D eigenvalue weighted by Crippen LogP contribution is 2.21. The third kappa shape index (κ3) is 4.15. The summed E-state index contributed by atoms with van der Waals surface area (Å²) in [5.41, 5.74) is 1.83. The lowest BCUT2D eigenvalue weighted by Gasteiger charge is -2.31. The highest BCUT2D eigenvalue weighted by atomic mass is 16.5. The molecule has 104 valence electrons. The Balaban J connectivity index is 1.86. The van der Waals surface area contributed by atoms with E-state index in [0.29, 0.717) is 0 Å². The fourth-order valence-corrected chi connectivity index (χ4v) is 2.58. The van der Waals surface area contributed by atoms with Crippen LogP contribution in [-0.2, 0) is 9.47 Å². The summed E-state index contributed by atoms with van der Waals surface area (Å²) < 4.78 is 11.4. The van der Waals surface area contributed by atoms with Crippen molar-refractivity contribution in [1.82, 2.24) is 0 Å². The first-order valence-electron chi connectivity index (χ1n) is 6.91. The number of rotatable bonds is 4. The van der Waals surface area contributed by atoms with Gasteiger partial charge in [0, 0.05) is 5.56 Å². The van der Waals surface area contributed by atoms with E-state index in [1.54, 1.807) is 0 Å². The van der Waals surface area contributed by atoms with E-state index in [1.807, 2.05) is 45.0 Å². The summed E-state index contributed by atoms with van der Waals surface area (Å²) in [6.45, 7) is 6.25. The number of Topliss-reactive ketones (excluding diaryl/α,β-unsaturated/α-hetero) is 1. The van der Waals surface area contributed by atoms with Gasteiger partial charge in [0.2, 0.25) is 0 Å². The highest BCUT2D eigenvalue weighted by molar-refractivity contribution is 5.97. The molecule has 0 aromatic heterocycles. The number of carbonyl (C=O) groups is 1. The van der Waals surface area contributed by atoms with E-state index in [-0.39, 0.29) is 30.7 Å². The molecule has 1 aliphatic heterocycles. The van der Waals surface area contributed by atoms with Gasteiger partial charge >= 0.3 is 0 Å². The normalized spacial score (nSPS) is 27.2. The monoisotopic (exact) mass is 262 g/mol. The van der Waals surface area contributed by atoms with Crippen LogP contribution >= 0.6 is 0 Å². The van der Waals surface area contributed by atoms with Crippen LogP contribution in [0.1, 0.15) is 42.6 Å². The van der Waals surface area contributed by atoms with Crippen molar-refractivity contribution in [3.05, 3.63) is 35.4 Å². The number of hydrogen-bond acceptors (Lipinski definition) is 3. The Hall–Kier alpha value is -1.19. The fraction of sp³-hybridized carbons (Fsp3) is 0.562. The second kappa shape index (κ2) is 6.31. The summed E-state index contributed by atoms with van der Waals surface area (Å²) in [4.78, 5) is 12.0. The van der Waals surface area contributed by atoms with Crippen molar-refractivity contribution in [3.8, 4) is 0 Å². The van der Waals surface area contributed by atoms with Crippen molar-refractivity contribution in [2.45, 2.75) is 51.9 Å². The quantitative estimate of drug-likeness (QED) is 0.782. The lowest BCUT2D eigenvalue weighted by Crippen LogP contribution is -2.35. The van der Waals surface area contributed by atoms with Gasteiger partial charge in [0.15, 0.2) is 5.78 Å². The number of ketones is 1. The second-order valence-electron chi connectivity index (χ2n) is 5.45. The predicted molar refractivity (Wildman–Crippen MR) is 74.5 cm³/mol. The van der Waals surface area contributed by atoms with Gasteiger partial charge in [-0.1, -0.05) is 23.8 Å². The molecular formula is C16H22O3. The van der Waals surface area contributed by atoms with Crippen LogP contribution in [0.25, 0.3) is 0 Å². The molecule has 0 radical (unpaired) electrons. The molecule has 1 aliphatic rings. The molecule has 3 nitrogen and oxygen atoms in total. The van der Waals surface area contributed by atoms with E-state index < -0.39 is 0 Å². The Labute approximate surface area is 114 Å². The summed E-state index contributed by atoms with van der Waals surface area (Å²) in [5.74, 6) is 0.0514. The lowest BCUT2D eigenvalue weighted by molar-refractivity contribution is -0.0975. The van der Waals surface area contributed by atoms with Gasteiger partial charge in [-0.05, 0) is 39.7 Å². The van der Waals surface area contributed by atoms with Gasteiger partial charge in [-0.2, -0.15) is 0 Å². The van der Waals surface area contributed by atoms with Gasteiger partial charge in [-0.25, -0.2) is 0 Å². The summed E-state index contributed by atoms with van der Waals surface area (Å²) in [6.07, 6.45) is 2.29. The van der Waals surface area contributed by atoms with Crippen LogP contribution in [0.4, 0.5) is 0 Å². The Morgan fingerprint density at radius 3 is 2.63 bits per heavy atom. The van der Waals surface area contributed by atoms with Crippen LogP contribution in [0.15, 0.2) is 24.3 Å². The number of ether oxygens (including phenoxy) is 2. The number of hydrogen-bond donors (Lipinski definition) is 0. The zero-order chi connectivity index (χ0) is 13.8. The van der Waals surface area contributed by atoms with Crippen LogP contribution in [0.2, 0.25) is 0 Å². The molecule has 19 heavy (non-hydrogen) atoms. The number of carbonyl (C=O) groups excluding carboxylic acids is 1. The Bertz CT molecular complexity index is 431. The third-order valence-electron chi connectivity index (χ3n) is 3.44. The highest BCUT2D eigenvalue weighted by Gasteiger charge is 2.25. The minimum Gasteiger partial charge on any atom is -0.375 e.